The molecule has 0 aliphatic heterocycles. The molecule has 0 radical (unpaired) electrons. The highest BCUT2D eigenvalue weighted by molar-refractivity contribution is 14.0. The van der Waals surface area contributed by atoms with E-state index in [4.69, 9.17) is 34.8 Å². The average Bonchev–Trinajstić information content (AvgIpc) is 1.35. The minimum Gasteiger partial charge on any atom is -0.299 e. The van der Waals surface area contributed by atoms with Crippen molar-refractivity contribution in [3.63, 3.8) is 0 Å². The van der Waals surface area contributed by atoms with Gasteiger partial charge in [0.25, 0.3) is 0 Å². The molecule has 0 amide bonds. The number of rotatable bonds is 0. The lowest BCUT2D eigenvalue weighted by Crippen LogP contribution is -2.00. The van der Waals surface area contributed by atoms with Gasteiger partial charge in [-0.1, -0.05) is 34.8 Å². The van der Waals surface area contributed by atoms with Crippen LogP contribution >= 0.6 is 58.8 Å². The van der Waals surface area contributed by atoms with Crippen molar-refractivity contribution in [3.05, 3.63) is 0 Å². The summed E-state index contributed by atoms with van der Waals surface area (Å²) in [4.78, 5) is 9.43. The predicted octanol–water partition coefficient (Wildman–Crippen LogP) is 2.17. The second kappa shape index (κ2) is 4.18. The van der Waals surface area contributed by atoms with Gasteiger partial charge < -0.3 is 0 Å². The molecule has 0 aromatic heterocycles. The van der Waals surface area contributed by atoms with Crippen LogP contribution in [0.1, 0.15) is 0 Å². The summed E-state index contributed by atoms with van der Waals surface area (Å²) in [5.74, 6) is 0. The predicted molar refractivity (Wildman–Crippen MR) is 41.8 cm³/mol. The highest BCUT2D eigenvalue weighted by atomic mass is 127. The second-order valence-electron chi connectivity index (χ2n) is 0.659. The van der Waals surface area contributed by atoms with Crippen LogP contribution in [0.4, 0.5) is 0 Å². The maximum atomic E-state index is 9.43. The van der Waals surface area contributed by atoms with Gasteiger partial charge in [-0.15, -0.1) is 24.0 Å². The molecule has 0 aromatic rings. The van der Waals surface area contributed by atoms with Crippen LogP contribution in [0, 0.1) is 0 Å². The Balaban J connectivity index is 0. The van der Waals surface area contributed by atoms with Crippen molar-refractivity contribution in [3.8, 4) is 0 Å². The van der Waals surface area contributed by atoms with E-state index in [1.165, 1.54) is 0 Å². The molecule has 7 heavy (non-hydrogen) atoms. The van der Waals surface area contributed by atoms with Crippen molar-refractivity contribution in [1.29, 1.82) is 0 Å². The lowest BCUT2D eigenvalue weighted by Gasteiger charge is -1.93. The van der Waals surface area contributed by atoms with Crippen molar-refractivity contribution in [2.45, 2.75) is 3.79 Å². The van der Waals surface area contributed by atoms with Crippen LogP contribution in [-0.2, 0) is 4.79 Å². The topological polar surface area (TPSA) is 17.1 Å². The molecule has 0 saturated carbocycles. The van der Waals surface area contributed by atoms with Crippen molar-refractivity contribution >= 4 is 65.1 Å². The molecule has 0 N–H and O–H groups in total. The first-order chi connectivity index (χ1) is 2.56. The third kappa shape index (κ3) is 11.1. The van der Waals surface area contributed by atoms with Crippen LogP contribution in [0.25, 0.3) is 0 Å². The van der Waals surface area contributed by atoms with Gasteiger partial charge in [-0.3, -0.25) is 4.79 Å². The first-order valence-electron chi connectivity index (χ1n) is 1.09. The number of halogens is 4. The summed E-state index contributed by atoms with van der Waals surface area (Å²) in [6.45, 7) is 0. The fraction of sp³-hybridized carbons (Fsp3) is 0.500. The second-order valence-corrected chi connectivity index (χ2v) is 3.03. The lowest BCUT2D eigenvalue weighted by molar-refractivity contribution is -0.107. The number of alkyl halides is 3. The molecule has 0 rings (SSSR count). The highest BCUT2D eigenvalue weighted by Gasteiger charge is 2.16. The number of carbonyl (C=O) groups excluding carboxylic acids is 1. The highest BCUT2D eigenvalue weighted by Crippen LogP contribution is 2.21. The molecular formula is C2H2Cl3IO. The summed E-state index contributed by atoms with van der Waals surface area (Å²) in [7, 11) is 0. The molecule has 0 unspecified atom stereocenters. The van der Waals surface area contributed by atoms with Crippen LogP contribution in [0.3, 0.4) is 0 Å². The van der Waals surface area contributed by atoms with E-state index in [2.05, 4.69) is 0 Å². The van der Waals surface area contributed by atoms with E-state index in [-0.39, 0.29) is 30.3 Å². The Morgan fingerprint density at radius 2 is 1.43 bits per heavy atom. The van der Waals surface area contributed by atoms with E-state index in [1.54, 1.807) is 0 Å². The van der Waals surface area contributed by atoms with Crippen molar-refractivity contribution < 1.29 is 4.79 Å². The van der Waals surface area contributed by atoms with Gasteiger partial charge in [0.05, 0.1) is 0 Å². The Morgan fingerprint density at radius 3 is 1.43 bits per heavy atom. The van der Waals surface area contributed by atoms with Gasteiger partial charge in [-0.25, -0.2) is 0 Å². The van der Waals surface area contributed by atoms with Crippen molar-refractivity contribution in [1.82, 2.24) is 0 Å². The average molecular weight is 275 g/mol. The van der Waals surface area contributed by atoms with Gasteiger partial charge in [0.2, 0.25) is 3.79 Å². The molecule has 0 bridgehead atoms. The Bertz CT molecular complexity index is 58.4. The fourth-order valence-corrected chi connectivity index (χ4v) is 0. The van der Waals surface area contributed by atoms with E-state index in [1.807, 2.05) is 0 Å². The summed E-state index contributed by atoms with van der Waals surface area (Å²) in [5.41, 5.74) is 0. The van der Waals surface area contributed by atoms with Crippen molar-refractivity contribution in [2.75, 3.05) is 0 Å². The van der Waals surface area contributed by atoms with E-state index in [0.29, 0.717) is 0 Å². The molecule has 0 spiro atoms. The van der Waals surface area contributed by atoms with E-state index in [0.717, 1.165) is 0 Å². The zero-order chi connectivity index (χ0) is 5.21. The molecule has 0 heterocycles. The Kier molecular flexibility index (Phi) is 6.64. The number of hydrogen-bond donors (Lipinski definition) is 0. The molecule has 0 aromatic carbocycles. The largest absolute Gasteiger partial charge is 0.299 e. The van der Waals surface area contributed by atoms with Crippen molar-refractivity contribution in [2.24, 2.45) is 0 Å². The lowest BCUT2D eigenvalue weighted by atomic mass is 10.9. The van der Waals surface area contributed by atoms with Crippen LogP contribution in [0.5, 0.6) is 0 Å². The van der Waals surface area contributed by atoms with E-state index >= 15 is 0 Å². The van der Waals surface area contributed by atoms with Crippen LogP contribution in [-0.4, -0.2) is 10.1 Å². The number of aldehydes is 1. The zero-order valence-corrected chi connectivity index (χ0v) is 7.63. The van der Waals surface area contributed by atoms with E-state index in [9.17, 15) is 4.79 Å². The first-order valence-corrected chi connectivity index (χ1v) is 2.23. The molecule has 0 saturated heterocycles. The summed E-state index contributed by atoms with van der Waals surface area (Å²) in [6, 6.07) is 0. The molecule has 44 valence electrons. The van der Waals surface area contributed by atoms with Gasteiger partial charge in [0.15, 0.2) is 6.29 Å². The molecule has 0 fully saturated rings. The summed E-state index contributed by atoms with van der Waals surface area (Å²) >= 11 is 14.6. The van der Waals surface area contributed by atoms with Crippen LogP contribution in [0.2, 0.25) is 0 Å². The molecule has 0 aliphatic rings. The first kappa shape index (κ1) is 11.1. The fourth-order valence-electron chi connectivity index (χ4n) is 0. The standard InChI is InChI=1S/C2HCl3O.HI/c3-2(4,5)1-6;/h1H;1H. The monoisotopic (exact) mass is 274 g/mol. The Hall–Kier alpha value is 1.27. The minimum absolute atomic E-state index is 0. The van der Waals surface area contributed by atoms with Gasteiger partial charge in [-0.05, 0) is 0 Å². The molecule has 5 heteroatoms. The van der Waals surface area contributed by atoms with E-state index < -0.39 is 3.79 Å². The maximum Gasteiger partial charge on any atom is 0.245 e. The normalized spacial score (nSPS) is 9.57. The minimum atomic E-state index is -1.72. The quantitative estimate of drug-likeness (QED) is 0.376. The van der Waals surface area contributed by atoms with Gasteiger partial charge in [0, 0.05) is 0 Å². The zero-order valence-electron chi connectivity index (χ0n) is 3.03. The van der Waals surface area contributed by atoms with Gasteiger partial charge >= 0.3 is 0 Å². The SMILES string of the molecule is I.O=CC(Cl)(Cl)Cl. The Labute approximate surface area is 73.3 Å². The third-order valence-electron chi connectivity index (χ3n) is 0.134. The molecular weight excluding hydrogens is 273 g/mol. The summed E-state index contributed by atoms with van der Waals surface area (Å²) in [6.07, 6.45) is 0.234. The molecule has 0 atom stereocenters. The summed E-state index contributed by atoms with van der Waals surface area (Å²) < 4.78 is -1.72. The van der Waals surface area contributed by atoms with Gasteiger partial charge in [0.1, 0.15) is 0 Å². The van der Waals surface area contributed by atoms with Crippen LogP contribution < -0.4 is 0 Å². The molecule has 1 nitrogen and oxygen atoms in total. The molecule has 0 aliphatic carbocycles. The van der Waals surface area contributed by atoms with Crippen LogP contribution in [0.15, 0.2) is 0 Å². The maximum absolute atomic E-state index is 9.43. The Morgan fingerprint density at radius 1 is 1.29 bits per heavy atom. The number of carbonyl (C=O) groups is 1. The third-order valence-corrected chi connectivity index (χ3v) is 0.401. The summed E-state index contributed by atoms with van der Waals surface area (Å²) in [5, 5.41) is 0. The van der Waals surface area contributed by atoms with Gasteiger partial charge in [-0.2, -0.15) is 0 Å². The number of hydrogen-bond acceptors (Lipinski definition) is 1. The smallest absolute Gasteiger partial charge is 0.245 e.